The van der Waals surface area contributed by atoms with Crippen molar-refractivity contribution in [3.05, 3.63) is 34.9 Å². The number of carbonyl (C=O) groups is 1. The second-order valence-electron chi connectivity index (χ2n) is 6.26. The lowest BCUT2D eigenvalue weighted by atomic mass is 10.0. The molecule has 1 aromatic rings. The van der Waals surface area contributed by atoms with Crippen LogP contribution in [0.3, 0.4) is 0 Å². The molecule has 134 valence electrons. The molecule has 1 amide bonds. The van der Waals surface area contributed by atoms with Gasteiger partial charge in [-0.15, -0.1) is 0 Å². The zero-order valence-corrected chi connectivity index (χ0v) is 15.8. The predicted molar refractivity (Wildman–Crippen MR) is 96.3 cm³/mol. The summed E-state index contributed by atoms with van der Waals surface area (Å²) in [6, 6.07) is 6.74. The first-order chi connectivity index (χ1) is 11.3. The lowest BCUT2D eigenvalue weighted by Crippen LogP contribution is -2.52. The van der Waals surface area contributed by atoms with Crippen molar-refractivity contribution in [2.45, 2.75) is 45.2 Å². The van der Waals surface area contributed by atoms with Crippen LogP contribution in [-0.4, -0.2) is 48.9 Å². The van der Waals surface area contributed by atoms with Crippen LogP contribution in [0.25, 0.3) is 0 Å². The summed E-state index contributed by atoms with van der Waals surface area (Å²) in [5.41, 5.74) is 0.967. The number of carbonyl (C=O) groups excluding carboxylic acids is 1. The van der Waals surface area contributed by atoms with Gasteiger partial charge in [-0.25, -0.2) is 8.42 Å². The van der Waals surface area contributed by atoms with Gasteiger partial charge >= 0.3 is 0 Å². The van der Waals surface area contributed by atoms with Gasteiger partial charge < -0.3 is 4.90 Å². The highest BCUT2D eigenvalue weighted by molar-refractivity contribution is 7.89. The van der Waals surface area contributed by atoms with Gasteiger partial charge in [0.2, 0.25) is 15.9 Å². The van der Waals surface area contributed by atoms with Crippen molar-refractivity contribution in [2.24, 2.45) is 0 Å². The van der Waals surface area contributed by atoms with E-state index in [0.717, 1.165) is 18.4 Å². The summed E-state index contributed by atoms with van der Waals surface area (Å²) in [6.07, 6.45) is 2.84. The molecule has 1 aliphatic rings. The molecule has 1 aromatic carbocycles. The molecular formula is C17H25ClN2O3S. The summed E-state index contributed by atoms with van der Waals surface area (Å²) in [5, 5.41) is 0.650. The van der Waals surface area contributed by atoms with Gasteiger partial charge in [-0.05, 0) is 37.0 Å². The molecule has 0 spiro atoms. The maximum Gasteiger partial charge on any atom is 0.241 e. The number of likely N-dealkylation sites (N-methyl/N-ethyl adjacent to an activating group) is 1. The van der Waals surface area contributed by atoms with Gasteiger partial charge in [0.25, 0.3) is 0 Å². The molecule has 24 heavy (non-hydrogen) atoms. The van der Waals surface area contributed by atoms with Crippen LogP contribution in [0.4, 0.5) is 0 Å². The standard InChI is InChI=1S/C17H25ClN2O3S/c1-3-12-24(22,23)20-11-5-4-6-16(20)17(21)19(2)13-14-7-9-15(18)10-8-14/h7-10,16H,3-6,11-13H2,1-2H3. The Labute approximate surface area is 149 Å². The SMILES string of the molecule is CCCS(=O)(=O)N1CCCCC1C(=O)N(C)Cc1ccc(Cl)cc1. The number of rotatable bonds is 6. The number of benzene rings is 1. The van der Waals surface area contributed by atoms with Gasteiger partial charge in [-0.2, -0.15) is 4.31 Å². The fourth-order valence-electron chi connectivity index (χ4n) is 3.06. The number of hydrogen-bond donors (Lipinski definition) is 0. The Morgan fingerprint density at radius 3 is 2.58 bits per heavy atom. The van der Waals surface area contributed by atoms with Crippen LogP contribution < -0.4 is 0 Å². The zero-order chi connectivity index (χ0) is 17.7. The summed E-state index contributed by atoms with van der Waals surface area (Å²) >= 11 is 5.88. The number of nitrogens with zero attached hydrogens (tertiary/aromatic N) is 2. The average molecular weight is 373 g/mol. The van der Waals surface area contributed by atoms with E-state index in [-0.39, 0.29) is 11.7 Å². The molecular weight excluding hydrogens is 348 g/mol. The third-order valence-electron chi connectivity index (χ3n) is 4.27. The van der Waals surface area contributed by atoms with Gasteiger partial charge in [0.05, 0.1) is 5.75 Å². The predicted octanol–water partition coefficient (Wildman–Crippen LogP) is 2.89. The maximum absolute atomic E-state index is 12.8. The van der Waals surface area contributed by atoms with Crippen molar-refractivity contribution in [1.82, 2.24) is 9.21 Å². The monoisotopic (exact) mass is 372 g/mol. The van der Waals surface area contributed by atoms with E-state index < -0.39 is 16.1 Å². The van der Waals surface area contributed by atoms with Crippen LogP contribution >= 0.6 is 11.6 Å². The number of amides is 1. The largest absolute Gasteiger partial charge is 0.340 e. The molecule has 5 nitrogen and oxygen atoms in total. The Morgan fingerprint density at radius 2 is 1.96 bits per heavy atom. The van der Waals surface area contributed by atoms with Crippen molar-refractivity contribution in [3.63, 3.8) is 0 Å². The smallest absolute Gasteiger partial charge is 0.241 e. The quantitative estimate of drug-likeness (QED) is 0.771. The molecule has 1 atom stereocenters. The van der Waals surface area contributed by atoms with Gasteiger partial charge in [0, 0.05) is 25.2 Å². The van der Waals surface area contributed by atoms with E-state index >= 15 is 0 Å². The minimum absolute atomic E-state index is 0.0949. The first-order valence-corrected chi connectivity index (χ1v) is 10.3. The Bertz CT molecular complexity index is 661. The lowest BCUT2D eigenvalue weighted by molar-refractivity contribution is -0.135. The summed E-state index contributed by atoms with van der Waals surface area (Å²) < 4.78 is 26.3. The third-order valence-corrected chi connectivity index (χ3v) is 6.60. The highest BCUT2D eigenvalue weighted by Crippen LogP contribution is 2.23. The summed E-state index contributed by atoms with van der Waals surface area (Å²) in [6.45, 7) is 2.71. The van der Waals surface area contributed by atoms with E-state index in [9.17, 15) is 13.2 Å². The fraction of sp³-hybridized carbons (Fsp3) is 0.588. The van der Waals surface area contributed by atoms with E-state index in [1.165, 1.54) is 4.31 Å². The van der Waals surface area contributed by atoms with Crippen LogP contribution in [0.2, 0.25) is 5.02 Å². The van der Waals surface area contributed by atoms with Crippen LogP contribution in [-0.2, 0) is 21.4 Å². The molecule has 0 radical (unpaired) electrons. The van der Waals surface area contributed by atoms with Gasteiger partial charge in [-0.1, -0.05) is 37.1 Å². The molecule has 1 aliphatic heterocycles. The molecule has 0 N–H and O–H groups in total. The fourth-order valence-corrected chi connectivity index (χ4v) is 4.92. The zero-order valence-electron chi connectivity index (χ0n) is 14.2. The van der Waals surface area contributed by atoms with Crippen LogP contribution in [0.5, 0.6) is 0 Å². The second kappa shape index (κ2) is 8.32. The molecule has 1 fully saturated rings. The normalized spacial score (nSPS) is 19.2. The van der Waals surface area contributed by atoms with E-state index in [2.05, 4.69) is 0 Å². The Balaban J connectivity index is 2.11. The van der Waals surface area contributed by atoms with Crippen molar-refractivity contribution >= 4 is 27.5 Å². The first-order valence-electron chi connectivity index (χ1n) is 8.34. The number of piperidine rings is 1. The highest BCUT2D eigenvalue weighted by atomic mass is 35.5. The minimum atomic E-state index is -3.37. The molecule has 0 aromatic heterocycles. The van der Waals surface area contributed by atoms with E-state index in [4.69, 9.17) is 11.6 Å². The van der Waals surface area contributed by atoms with Crippen LogP contribution in [0.1, 0.15) is 38.2 Å². The molecule has 1 unspecified atom stereocenters. The molecule has 2 rings (SSSR count). The van der Waals surface area contributed by atoms with Gasteiger partial charge in [-0.3, -0.25) is 4.79 Å². The van der Waals surface area contributed by atoms with E-state index in [1.807, 2.05) is 19.1 Å². The summed E-state index contributed by atoms with van der Waals surface area (Å²) in [7, 11) is -1.65. The number of sulfonamides is 1. The van der Waals surface area contributed by atoms with E-state index in [1.54, 1.807) is 24.1 Å². The third kappa shape index (κ3) is 4.71. The van der Waals surface area contributed by atoms with E-state index in [0.29, 0.717) is 31.0 Å². The Morgan fingerprint density at radius 1 is 1.29 bits per heavy atom. The van der Waals surface area contributed by atoms with Crippen molar-refractivity contribution < 1.29 is 13.2 Å². The minimum Gasteiger partial charge on any atom is -0.340 e. The number of halogens is 1. The van der Waals surface area contributed by atoms with Crippen molar-refractivity contribution in [1.29, 1.82) is 0 Å². The Hall–Kier alpha value is -1.11. The topological polar surface area (TPSA) is 57.7 Å². The number of hydrogen-bond acceptors (Lipinski definition) is 3. The molecule has 7 heteroatoms. The molecule has 1 saturated heterocycles. The average Bonchev–Trinajstić information content (AvgIpc) is 2.56. The summed E-state index contributed by atoms with van der Waals surface area (Å²) in [4.78, 5) is 14.4. The maximum atomic E-state index is 12.8. The molecule has 0 bridgehead atoms. The lowest BCUT2D eigenvalue weighted by Gasteiger charge is -2.35. The second-order valence-corrected chi connectivity index (χ2v) is 8.74. The van der Waals surface area contributed by atoms with Crippen LogP contribution in [0.15, 0.2) is 24.3 Å². The molecule has 0 aliphatic carbocycles. The van der Waals surface area contributed by atoms with Crippen molar-refractivity contribution in [3.8, 4) is 0 Å². The molecule has 0 saturated carbocycles. The molecule has 1 heterocycles. The highest BCUT2D eigenvalue weighted by Gasteiger charge is 2.37. The van der Waals surface area contributed by atoms with Crippen molar-refractivity contribution in [2.75, 3.05) is 19.3 Å². The first kappa shape index (κ1) is 19.2. The van der Waals surface area contributed by atoms with Gasteiger partial charge in [0.1, 0.15) is 6.04 Å². The Kier molecular flexibility index (Phi) is 6.66. The summed E-state index contributed by atoms with van der Waals surface area (Å²) in [5.74, 6) is -0.0400. The van der Waals surface area contributed by atoms with Crippen LogP contribution in [0, 0.1) is 0 Å². The van der Waals surface area contributed by atoms with Gasteiger partial charge in [0.15, 0.2) is 0 Å².